The predicted molar refractivity (Wildman–Crippen MR) is 100 cm³/mol. The van der Waals surface area contributed by atoms with Crippen molar-refractivity contribution in [2.24, 2.45) is 5.92 Å². The zero-order valence-corrected chi connectivity index (χ0v) is 15.1. The molecule has 0 amide bonds. The van der Waals surface area contributed by atoms with Gasteiger partial charge in [0.05, 0.1) is 19.1 Å². The minimum atomic E-state index is -0.0965. The van der Waals surface area contributed by atoms with E-state index in [0.717, 1.165) is 22.6 Å². The van der Waals surface area contributed by atoms with Gasteiger partial charge in [0.15, 0.2) is 5.78 Å². The molecule has 0 aromatic heterocycles. The average Bonchev–Trinajstić information content (AvgIpc) is 2.88. The molecule has 0 saturated carbocycles. The second-order valence-corrected chi connectivity index (χ2v) is 7.26. The van der Waals surface area contributed by atoms with Crippen LogP contribution in [-0.4, -0.2) is 12.9 Å². The van der Waals surface area contributed by atoms with Gasteiger partial charge in [-0.05, 0) is 55.7 Å². The number of anilines is 1. The van der Waals surface area contributed by atoms with Crippen molar-refractivity contribution in [2.75, 3.05) is 12.4 Å². The van der Waals surface area contributed by atoms with E-state index in [9.17, 15) is 4.79 Å². The van der Waals surface area contributed by atoms with Crippen LogP contribution in [0.2, 0.25) is 0 Å². The van der Waals surface area contributed by atoms with Crippen LogP contribution in [0.25, 0.3) is 0 Å². The Balaban J connectivity index is 1.86. The molecule has 3 heteroatoms. The lowest BCUT2D eigenvalue weighted by atomic mass is 9.76. The Labute approximate surface area is 148 Å². The Morgan fingerprint density at radius 3 is 2.40 bits per heavy atom. The maximum Gasteiger partial charge on any atom is 0.164 e. The van der Waals surface area contributed by atoms with Gasteiger partial charge in [-0.25, -0.2) is 0 Å². The fraction of sp³-hybridized carbons (Fsp3) is 0.318. The Bertz CT molecular complexity index is 877. The Kier molecular flexibility index (Phi) is 3.68. The third-order valence-corrected chi connectivity index (χ3v) is 5.40. The number of Topliss-reactive ketones (excluding diaryl/α,β-unsaturated/α-hetero) is 1. The zero-order chi connectivity index (χ0) is 17.7. The van der Waals surface area contributed by atoms with E-state index in [0.29, 0.717) is 0 Å². The first kappa shape index (κ1) is 15.9. The second kappa shape index (κ2) is 5.76. The van der Waals surface area contributed by atoms with Crippen molar-refractivity contribution in [3.63, 3.8) is 0 Å². The lowest BCUT2D eigenvalue weighted by molar-refractivity contribution is -0.119. The van der Waals surface area contributed by atoms with E-state index in [1.165, 1.54) is 16.7 Å². The van der Waals surface area contributed by atoms with Gasteiger partial charge in [0.2, 0.25) is 0 Å². The molecule has 2 aromatic carbocycles. The van der Waals surface area contributed by atoms with Gasteiger partial charge in [-0.2, -0.15) is 0 Å². The third kappa shape index (κ3) is 2.55. The Morgan fingerprint density at radius 2 is 1.72 bits per heavy atom. The number of benzene rings is 2. The highest BCUT2D eigenvalue weighted by Gasteiger charge is 2.45. The van der Waals surface area contributed by atoms with Crippen molar-refractivity contribution in [3.8, 4) is 5.75 Å². The maximum absolute atomic E-state index is 12.9. The van der Waals surface area contributed by atoms with E-state index < -0.39 is 0 Å². The highest BCUT2D eigenvalue weighted by Crippen LogP contribution is 2.50. The standard InChI is InChI=1S/C22H23NO2/c1-12-7-13(2)9-15(8-12)21-20-18(10-14(3)22(20)24)17-11-16(25-4)5-6-19(17)23-21/h5-11,18,20-21,23H,1-4H3/t18-,20-,21+/m0/s1. The van der Waals surface area contributed by atoms with E-state index in [1.807, 2.05) is 13.0 Å². The molecule has 3 nitrogen and oxygen atoms in total. The molecule has 0 bridgehead atoms. The molecule has 3 atom stereocenters. The number of ketones is 1. The number of carbonyl (C=O) groups excluding carboxylic acids is 1. The Hall–Kier alpha value is -2.55. The summed E-state index contributed by atoms with van der Waals surface area (Å²) in [5.74, 6) is 1.08. The molecule has 0 unspecified atom stereocenters. The average molecular weight is 333 g/mol. The van der Waals surface area contributed by atoms with Crippen molar-refractivity contribution < 1.29 is 9.53 Å². The third-order valence-electron chi connectivity index (χ3n) is 5.40. The van der Waals surface area contributed by atoms with E-state index in [-0.39, 0.29) is 23.7 Å². The summed E-state index contributed by atoms with van der Waals surface area (Å²) in [5.41, 5.74) is 6.74. The van der Waals surface area contributed by atoms with Crippen molar-refractivity contribution in [2.45, 2.75) is 32.7 Å². The zero-order valence-electron chi connectivity index (χ0n) is 15.1. The molecule has 0 fully saturated rings. The number of allylic oxidation sites excluding steroid dienone is 2. The van der Waals surface area contributed by atoms with Crippen LogP contribution < -0.4 is 10.1 Å². The predicted octanol–water partition coefficient (Wildman–Crippen LogP) is 4.71. The van der Waals surface area contributed by atoms with Crippen molar-refractivity contribution in [3.05, 3.63) is 70.3 Å². The smallest absolute Gasteiger partial charge is 0.164 e. The highest BCUT2D eigenvalue weighted by atomic mass is 16.5. The van der Waals surface area contributed by atoms with Crippen LogP contribution in [0, 0.1) is 19.8 Å². The minimum Gasteiger partial charge on any atom is -0.497 e. The van der Waals surface area contributed by atoms with Gasteiger partial charge in [0.1, 0.15) is 5.75 Å². The lowest BCUT2D eigenvalue weighted by Crippen LogP contribution is -2.33. The number of aryl methyl sites for hydroxylation is 2. The number of hydrogen-bond acceptors (Lipinski definition) is 3. The molecule has 0 saturated heterocycles. The van der Waals surface area contributed by atoms with Crippen LogP contribution in [0.3, 0.4) is 0 Å². The van der Waals surface area contributed by atoms with Crippen LogP contribution in [0.1, 0.15) is 41.1 Å². The van der Waals surface area contributed by atoms with Crippen LogP contribution in [0.5, 0.6) is 5.75 Å². The number of carbonyl (C=O) groups is 1. The molecule has 1 aliphatic carbocycles. The number of rotatable bonds is 2. The van der Waals surface area contributed by atoms with Gasteiger partial charge >= 0.3 is 0 Å². The summed E-state index contributed by atoms with van der Waals surface area (Å²) in [5, 5.41) is 3.63. The molecule has 25 heavy (non-hydrogen) atoms. The Morgan fingerprint density at radius 1 is 1.00 bits per heavy atom. The van der Waals surface area contributed by atoms with Crippen molar-refractivity contribution >= 4 is 11.5 Å². The quantitative estimate of drug-likeness (QED) is 0.865. The SMILES string of the molecule is COc1ccc2c(c1)[C@@H]1C=C(C)C(=O)[C@@H]1[C@@H](c1cc(C)cc(C)c1)N2. The number of nitrogens with one attached hydrogen (secondary N) is 1. The minimum absolute atomic E-state index is 0.00862. The summed E-state index contributed by atoms with van der Waals surface area (Å²) < 4.78 is 5.39. The van der Waals surface area contributed by atoms with Crippen molar-refractivity contribution in [1.82, 2.24) is 0 Å². The van der Waals surface area contributed by atoms with Crippen LogP contribution in [0.15, 0.2) is 48.0 Å². The monoisotopic (exact) mass is 333 g/mol. The van der Waals surface area contributed by atoms with Gasteiger partial charge in [-0.1, -0.05) is 35.4 Å². The van der Waals surface area contributed by atoms with Crippen LogP contribution in [-0.2, 0) is 4.79 Å². The molecule has 1 N–H and O–H groups in total. The number of hydrogen-bond donors (Lipinski definition) is 1. The molecule has 1 aliphatic heterocycles. The molecule has 4 rings (SSSR count). The summed E-state index contributed by atoms with van der Waals surface area (Å²) in [7, 11) is 1.68. The number of methoxy groups -OCH3 is 1. The molecule has 2 aliphatic rings. The van der Waals surface area contributed by atoms with E-state index >= 15 is 0 Å². The molecule has 0 radical (unpaired) electrons. The van der Waals surface area contributed by atoms with Crippen LogP contribution in [0.4, 0.5) is 5.69 Å². The highest BCUT2D eigenvalue weighted by molar-refractivity contribution is 6.02. The largest absolute Gasteiger partial charge is 0.497 e. The van der Waals surface area contributed by atoms with Gasteiger partial charge in [-0.3, -0.25) is 4.79 Å². The normalized spacial score (nSPS) is 24.2. The van der Waals surface area contributed by atoms with Crippen LogP contribution >= 0.6 is 0 Å². The fourth-order valence-corrected chi connectivity index (χ4v) is 4.34. The van der Waals surface area contributed by atoms with Gasteiger partial charge in [-0.15, -0.1) is 0 Å². The van der Waals surface area contributed by atoms with E-state index in [4.69, 9.17) is 4.74 Å². The molecular weight excluding hydrogens is 310 g/mol. The summed E-state index contributed by atoms with van der Waals surface area (Å²) in [6.07, 6.45) is 2.13. The van der Waals surface area contributed by atoms with Gasteiger partial charge in [0, 0.05) is 11.6 Å². The summed E-state index contributed by atoms with van der Waals surface area (Å²) in [6, 6.07) is 12.6. The first-order chi connectivity index (χ1) is 12.0. The number of ether oxygens (including phenoxy) is 1. The topological polar surface area (TPSA) is 38.3 Å². The lowest BCUT2D eigenvalue weighted by Gasteiger charge is -2.37. The van der Waals surface area contributed by atoms with Crippen molar-refractivity contribution in [1.29, 1.82) is 0 Å². The molecule has 128 valence electrons. The molecule has 2 aromatic rings. The molecule has 1 heterocycles. The first-order valence-electron chi connectivity index (χ1n) is 8.73. The maximum atomic E-state index is 12.9. The summed E-state index contributed by atoms with van der Waals surface area (Å²) in [6.45, 7) is 6.14. The summed E-state index contributed by atoms with van der Waals surface area (Å²) >= 11 is 0. The fourth-order valence-electron chi connectivity index (χ4n) is 4.34. The molecule has 0 spiro atoms. The van der Waals surface area contributed by atoms with Gasteiger partial charge < -0.3 is 10.1 Å². The second-order valence-electron chi connectivity index (χ2n) is 7.26. The molecular formula is C22H23NO2. The van der Waals surface area contributed by atoms with E-state index in [2.05, 4.69) is 55.6 Å². The first-order valence-corrected chi connectivity index (χ1v) is 8.73. The van der Waals surface area contributed by atoms with E-state index in [1.54, 1.807) is 7.11 Å². The number of fused-ring (bicyclic) bond motifs is 3. The summed E-state index contributed by atoms with van der Waals surface area (Å²) in [4.78, 5) is 12.9. The van der Waals surface area contributed by atoms with Gasteiger partial charge in [0.25, 0.3) is 0 Å².